The summed E-state index contributed by atoms with van der Waals surface area (Å²) in [4.78, 5) is 6.66. The second-order valence-electron chi connectivity index (χ2n) is 7.20. The predicted octanol–water partition coefficient (Wildman–Crippen LogP) is 4.73. The van der Waals surface area contributed by atoms with Gasteiger partial charge in [-0.3, -0.25) is 4.18 Å². The molecule has 4 aromatic rings. The molecule has 2 heterocycles. The minimum Gasteiger partial charge on any atom is -0.361 e. The van der Waals surface area contributed by atoms with Crippen molar-refractivity contribution < 1.29 is 12.6 Å². The monoisotopic (exact) mass is 396 g/mol. The first-order valence-corrected chi connectivity index (χ1v) is 11.3. The molecule has 0 amide bonds. The second-order valence-corrected chi connectivity index (χ2v) is 8.84. The van der Waals surface area contributed by atoms with Crippen molar-refractivity contribution in [2.45, 2.75) is 25.2 Å². The average molecular weight is 397 g/mol. The fraction of sp³-hybridized carbons (Fsp3) is 0.273. The van der Waals surface area contributed by atoms with Gasteiger partial charge >= 0.3 is 0 Å². The SMILES string of the molecule is CS(=O)(=O)OCCC(CCc1c[nH]c2ccccc12)c1c[nH]c2ccccc12. The van der Waals surface area contributed by atoms with Crippen molar-refractivity contribution in [1.29, 1.82) is 0 Å². The van der Waals surface area contributed by atoms with Crippen LogP contribution >= 0.6 is 0 Å². The van der Waals surface area contributed by atoms with Gasteiger partial charge in [0, 0.05) is 34.2 Å². The number of para-hydroxylation sites is 2. The minimum atomic E-state index is -3.43. The maximum Gasteiger partial charge on any atom is 0.264 e. The standard InChI is InChI=1S/C22H24N2O3S/c1-28(25,26)27-13-12-16(20-15-24-22-9-5-3-7-19(20)22)10-11-17-14-23-21-8-4-2-6-18(17)21/h2-9,14-16,23-24H,10-13H2,1H3. The molecule has 0 radical (unpaired) electrons. The Balaban J connectivity index is 1.57. The van der Waals surface area contributed by atoms with Crippen molar-refractivity contribution >= 4 is 31.9 Å². The van der Waals surface area contributed by atoms with E-state index in [-0.39, 0.29) is 12.5 Å². The van der Waals surface area contributed by atoms with E-state index in [1.54, 1.807) is 0 Å². The average Bonchev–Trinajstić information content (AvgIpc) is 3.28. The normalized spacial score (nSPS) is 13.3. The van der Waals surface area contributed by atoms with E-state index in [2.05, 4.69) is 46.5 Å². The molecule has 0 aliphatic carbocycles. The zero-order chi connectivity index (χ0) is 19.6. The Hall–Kier alpha value is -2.57. The van der Waals surface area contributed by atoms with Gasteiger partial charge in [-0.1, -0.05) is 36.4 Å². The third-order valence-electron chi connectivity index (χ3n) is 5.26. The Labute approximate surface area is 164 Å². The first kappa shape index (κ1) is 18.8. The van der Waals surface area contributed by atoms with Gasteiger partial charge in [-0.05, 0) is 48.4 Å². The van der Waals surface area contributed by atoms with Crippen molar-refractivity contribution in [2.24, 2.45) is 0 Å². The van der Waals surface area contributed by atoms with Crippen molar-refractivity contribution in [2.75, 3.05) is 12.9 Å². The fourth-order valence-electron chi connectivity index (χ4n) is 3.90. The maximum atomic E-state index is 11.4. The summed E-state index contributed by atoms with van der Waals surface area (Å²) < 4.78 is 27.8. The lowest BCUT2D eigenvalue weighted by Gasteiger charge is -2.16. The van der Waals surface area contributed by atoms with Gasteiger partial charge in [-0.15, -0.1) is 0 Å². The molecular weight excluding hydrogens is 372 g/mol. The summed E-state index contributed by atoms with van der Waals surface area (Å²) in [5.74, 6) is 0.201. The molecule has 0 saturated carbocycles. The summed E-state index contributed by atoms with van der Waals surface area (Å²) in [5.41, 5.74) is 4.73. The van der Waals surface area contributed by atoms with Crippen molar-refractivity contribution in [3.8, 4) is 0 Å². The van der Waals surface area contributed by atoms with E-state index >= 15 is 0 Å². The van der Waals surface area contributed by atoms with Crippen LogP contribution in [0.15, 0.2) is 60.9 Å². The van der Waals surface area contributed by atoms with E-state index in [1.807, 2.05) is 24.4 Å². The van der Waals surface area contributed by atoms with Crippen LogP contribution in [-0.4, -0.2) is 31.2 Å². The Morgan fingerprint density at radius 2 is 1.54 bits per heavy atom. The van der Waals surface area contributed by atoms with Crippen molar-refractivity contribution in [3.05, 3.63) is 72.1 Å². The molecule has 1 atom stereocenters. The molecule has 4 rings (SSSR count). The quantitative estimate of drug-likeness (QED) is 0.423. The molecule has 0 aliphatic heterocycles. The molecule has 0 aliphatic rings. The molecule has 1 unspecified atom stereocenters. The van der Waals surface area contributed by atoms with Crippen LogP contribution in [0.2, 0.25) is 0 Å². The highest BCUT2D eigenvalue weighted by Gasteiger charge is 2.18. The summed E-state index contributed by atoms with van der Waals surface area (Å²) >= 11 is 0. The number of fused-ring (bicyclic) bond motifs is 2. The van der Waals surface area contributed by atoms with Crippen molar-refractivity contribution in [3.63, 3.8) is 0 Å². The number of aromatic nitrogens is 2. The Bertz CT molecular complexity index is 1190. The number of nitrogens with one attached hydrogen (secondary N) is 2. The van der Waals surface area contributed by atoms with Crippen LogP contribution in [0.5, 0.6) is 0 Å². The van der Waals surface area contributed by atoms with Crippen LogP contribution in [0.4, 0.5) is 0 Å². The number of hydrogen-bond acceptors (Lipinski definition) is 3. The van der Waals surface area contributed by atoms with E-state index in [1.165, 1.54) is 21.9 Å². The summed E-state index contributed by atoms with van der Waals surface area (Å²) in [7, 11) is -3.43. The molecule has 2 aromatic heterocycles. The smallest absolute Gasteiger partial charge is 0.264 e. The second kappa shape index (κ2) is 7.81. The van der Waals surface area contributed by atoms with E-state index < -0.39 is 10.1 Å². The summed E-state index contributed by atoms with van der Waals surface area (Å²) in [6, 6.07) is 16.5. The van der Waals surface area contributed by atoms with Gasteiger partial charge in [0.05, 0.1) is 12.9 Å². The maximum absolute atomic E-state index is 11.4. The summed E-state index contributed by atoms with van der Waals surface area (Å²) in [6.45, 7) is 0.191. The number of aryl methyl sites for hydroxylation is 1. The molecule has 6 heteroatoms. The first-order chi connectivity index (χ1) is 13.5. The highest BCUT2D eigenvalue weighted by Crippen LogP contribution is 2.32. The fourth-order valence-corrected chi connectivity index (χ4v) is 4.30. The highest BCUT2D eigenvalue weighted by atomic mass is 32.2. The van der Waals surface area contributed by atoms with Crippen LogP contribution in [0.1, 0.15) is 29.9 Å². The Kier molecular flexibility index (Phi) is 5.24. The van der Waals surface area contributed by atoms with Crippen LogP contribution in [-0.2, 0) is 20.7 Å². The molecule has 0 fully saturated rings. The van der Waals surface area contributed by atoms with Crippen LogP contribution < -0.4 is 0 Å². The van der Waals surface area contributed by atoms with Gasteiger partial charge in [0.1, 0.15) is 0 Å². The zero-order valence-corrected chi connectivity index (χ0v) is 16.6. The molecule has 0 bridgehead atoms. The molecule has 28 heavy (non-hydrogen) atoms. The number of hydrogen-bond donors (Lipinski definition) is 2. The molecule has 5 nitrogen and oxygen atoms in total. The van der Waals surface area contributed by atoms with Crippen LogP contribution in [0, 0.1) is 0 Å². The van der Waals surface area contributed by atoms with Gasteiger partial charge in [-0.2, -0.15) is 8.42 Å². The first-order valence-electron chi connectivity index (χ1n) is 9.47. The van der Waals surface area contributed by atoms with Gasteiger partial charge in [0.25, 0.3) is 10.1 Å². The Morgan fingerprint density at radius 1 is 0.893 bits per heavy atom. The summed E-state index contributed by atoms with van der Waals surface area (Å²) in [6.07, 6.45) is 7.69. The number of aromatic amines is 2. The Morgan fingerprint density at radius 3 is 2.29 bits per heavy atom. The van der Waals surface area contributed by atoms with Gasteiger partial charge in [0.2, 0.25) is 0 Å². The van der Waals surface area contributed by atoms with E-state index in [0.29, 0.717) is 6.42 Å². The zero-order valence-electron chi connectivity index (χ0n) is 15.8. The molecule has 0 saturated heterocycles. The molecule has 146 valence electrons. The number of H-pyrrole nitrogens is 2. The van der Waals surface area contributed by atoms with E-state index in [0.717, 1.165) is 30.1 Å². The third-order valence-corrected chi connectivity index (χ3v) is 5.86. The highest BCUT2D eigenvalue weighted by molar-refractivity contribution is 7.85. The molecule has 2 aromatic carbocycles. The van der Waals surface area contributed by atoms with Crippen LogP contribution in [0.25, 0.3) is 21.8 Å². The molecular formula is C22H24N2O3S. The summed E-state index contributed by atoms with van der Waals surface area (Å²) in [5, 5.41) is 2.43. The van der Waals surface area contributed by atoms with E-state index in [9.17, 15) is 8.42 Å². The van der Waals surface area contributed by atoms with Gasteiger partial charge < -0.3 is 9.97 Å². The lowest BCUT2D eigenvalue weighted by molar-refractivity contribution is 0.300. The minimum absolute atomic E-state index is 0.191. The third kappa shape index (κ3) is 4.13. The number of rotatable bonds is 8. The predicted molar refractivity (Wildman–Crippen MR) is 113 cm³/mol. The van der Waals surface area contributed by atoms with Crippen LogP contribution in [0.3, 0.4) is 0 Å². The topological polar surface area (TPSA) is 75.0 Å². The van der Waals surface area contributed by atoms with Gasteiger partial charge in [-0.25, -0.2) is 0 Å². The van der Waals surface area contributed by atoms with Crippen molar-refractivity contribution in [1.82, 2.24) is 9.97 Å². The van der Waals surface area contributed by atoms with Gasteiger partial charge in [0.15, 0.2) is 0 Å². The molecule has 2 N–H and O–H groups in total. The van der Waals surface area contributed by atoms with E-state index in [4.69, 9.17) is 4.18 Å². The lowest BCUT2D eigenvalue weighted by Crippen LogP contribution is -2.09. The number of benzene rings is 2. The largest absolute Gasteiger partial charge is 0.361 e. The lowest BCUT2D eigenvalue weighted by atomic mass is 9.89. The molecule has 0 spiro atoms.